The monoisotopic (exact) mass is 239 g/mol. The molecule has 0 spiro atoms. The number of hydrogen-bond donors (Lipinski definition) is 1. The first-order chi connectivity index (χ1) is 8.36. The minimum Gasteiger partial charge on any atom is -0.376 e. The van der Waals surface area contributed by atoms with Gasteiger partial charge in [0.15, 0.2) is 0 Å². The van der Waals surface area contributed by atoms with E-state index in [1.165, 1.54) is 51.4 Å². The Hall–Kier alpha value is -0.120. The van der Waals surface area contributed by atoms with Gasteiger partial charge in [0.05, 0.1) is 18.8 Å². The standard InChI is InChI=1S/C14H25NO2/c1-2-4-8-14(7-3-1,11-15-12-5-6-12)17-13-9-16-10-13/h12-13,15H,1-11H2. The molecule has 3 nitrogen and oxygen atoms in total. The van der Waals surface area contributed by atoms with Crippen LogP contribution in [0.4, 0.5) is 0 Å². The molecule has 0 aromatic heterocycles. The molecule has 0 aromatic carbocycles. The first-order valence-electron chi connectivity index (χ1n) is 7.35. The van der Waals surface area contributed by atoms with Gasteiger partial charge in [-0.1, -0.05) is 25.7 Å². The molecular formula is C14H25NO2. The zero-order valence-corrected chi connectivity index (χ0v) is 10.7. The van der Waals surface area contributed by atoms with Crippen molar-refractivity contribution in [3.63, 3.8) is 0 Å². The molecule has 1 heterocycles. The summed E-state index contributed by atoms with van der Waals surface area (Å²) in [5.41, 5.74) is 0.119. The van der Waals surface area contributed by atoms with Crippen LogP contribution in [0.2, 0.25) is 0 Å². The molecule has 0 atom stereocenters. The van der Waals surface area contributed by atoms with E-state index in [4.69, 9.17) is 9.47 Å². The van der Waals surface area contributed by atoms with Crippen LogP contribution in [0, 0.1) is 0 Å². The van der Waals surface area contributed by atoms with Gasteiger partial charge in [-0.15, -0.1) is 0 Å². The number of hydrogen-bond acceptors (Lipinski definition) is 3. The Morgan fingerprint density at radius 3 is 2.29 bits per heavy atom. The van der Waals surface area contributed by atoms with Gasteiger partial charge in [-0.05, 0) is 25.7 Å². The van der Waals surface area contributed by atoms with Crippen molar-refractivity contribution in [2.75, 3.05) is 19.8 Å². The van der Waals surface area contributed by atoms with Crippen LogP contribution in [0.5, 0.6) is 0 Å². The smallest absolute Gasteiger partial charge is 0.105 e. The van der Waals surface area contributed by atoms with Crippen LogP contribution in [0.25, 0.3) is 0 Å². The highest BCUT2D eigenvalue weighted by Crippen LogP contribution is 2.33. The fourth-order valence-electron chi connectivity index (χ4n) is 2.96. The SMILES string of the molecule is C1CCCC(CNC2CC2)(OC2COC2)CC1. The lowest BCUT2D eigenvalue weighted by Gasteiger charge is -2.40. The van der Waals surface area contributed by atoms with E-state index < -0.39 is 0 Å². The predicted molar refractivity (Wildman–Crippen MR) is 67.1 cm³/mol. The molecule has 3 aliphatic rings. The molecule has 0 aromatic rings. The quantitative estimate of drug-likeness (QED) is 0.746. The maximum atomic E-state index is 6.39. The molecule has 2 saturated carbocycles. The van der Waals surface area contributed by atoms with Gasteiger partial charge in [0, 0.05) is 12.6 Å². The lowest BCUT2D eigenvalue weighted by atomic mass is 9.93. The molecule has 0 radical (unpaired) electrons. The zero-order valence-electron chi connectivity index (χ0n) is 10.7. The van der Waals surface area contributed by atoms with E-state index in [1.807, 2.05) is 0 Å². The van der Waals surface area contributed by atoms with Gasteiger partial charge < -0.3 is 14.8 Å². The molecule has 1 N–H and O–H groups in total. The number of nitrogens with one attached hydrogen (secondary N) is 1. The molecule has 3 heteroatoms. The minimum atomic E-state index is 0.119. The van der Waals surface area contributed by atoms with E-state index in [0.717, 1.165) is 25.8 Å². The van der Waals surface area contributed by atoms with Crippen molar-refractivity contribution >= 4 is 0 Å². The first kappa shape index (κ1) is 11.9. The second kappa shape index (κ2) is 5.25. The van der Waals surface area contributed by atoms with Crippen LogP contribution in [-0.2, 0) is 9.47 Å². The highest BCUT2D eigenvalue weighted by Gasteiger charge is 2.37. The number of ether oxygens (including phenoxy) is 2. The van der Waals surface area contributed by atoms with Crippen molar-refractivity contribution in [3.8, 4) is 0 Å². The summed E-state index contributed by atoms with van der Waals surface area (Å²) in [6, 6.07) is 0.788. The molecule has 0 bridgehead atoms. The summed E-state index contributed by atoms with van der Waals surface area (Å²) in [4.78, 5) is 0. The second-order valence-corrected chi connectivity index (χ2v) is 6.03. The summed E-state index contributed by atoms with van der Waals surface area (Å²) in [6.07, 6.45) is 11.0. The van der Waals surface area contributed by atoms with Crippen LogP contribution in [0.1, 0.15) is 51.4 Å². The third-order valence-corrected chi connectivity index (χ3v) is 4.33. The fourth-order valence-corrected chi connectivity index (χ4v) is 2.96. The average Bonchev–Trinajstić information content (AvgIpc) is 3.09. The molecule has 1 saturated heterocycles. The summed E-state index contributed by atoms with van der Waals surface area (Å²) in [5, 5.41) is 3.68. The van der Waals surface area contributed by atoms with Crippen LogP contribution >= 0.6 is 0 Å². The number of rotatable bonds is 5. The van der Waals surface area contributed by atoms with Gasteiger partial charge >= 0.3 is 0 Å². The molecular weight excluding hydrogens is 214 g/mol. The van der Waals surface area contributed by atoms with Crippen LogP contribution < -0.4 is 5.32 Å². The van der Waals surface area contributed by atoms with Crippen molar-refractivity contribution < 1.29 is 9.47 Å². The van der Waals surface area contributed by atoms with E-state index in [2.05, 4.69) is 5.32 Å². The maximum absolute atomic E-state index is 6.39. The molecule has 17 heavy (non-hydrogen) atoms. The van der Waals surface area contributed by atoms with Gasteiger partial charge in [-0.3, -0.25) is 0 Å². The molecule has 0 unspecified atom stereocenters. The fraction of sp³-hybridized carbons (Fsp3) is 1.00. The topological polar surface area (TPSA) is 30.5 Å². The van der Waals surface area contributed by atoms with Crippen LogP contribution in [0.3, 0.4) is 0 Å². The van der Waals surface area contributed by atoms with Crippen LogP contribution in [-0.4, -0.2) is 37.5 Å². The Balaban J connectivity index is 1.58. The molecule has 3 rings (SSSR count). The average molecular weight is 239 g/mol. The van der Waals surface area contributed by atoms with Gasteiger partial charge in [-0.25, -0.2) is 0 Å². The summed E-state index contributed by atoms with van der Waals surface area (Å²) in [5.74, 6) is 0. The van der Waals surface area contributed by atoms with Crippen molar-refractivity contribution in [1.82, 2.24) is 5.32 Å². The molecule has 1 aliphatic heterocycles. The van der Waals surface area contributed by atoms with Gasteiger partial charge in [0.1, 0.15) is 6.10 Å². The lowest BCUT2D eigenvalue weighted by molar-refractivity contribution is -0.195. The van der Waals surface area contributed by atoms with Gasteiger partial charge in [-0.2, -0.15) is 0 Å². The molecule has 98 valence electrons. The summed E-state index contributed by atoms with van der Waals surface area (Å²) < 4.78 is 11.6. The highest BCUT2D eigenvalue weighted by molar-refractivity contribution is 4.91. The highest BCUT2D eigenvalue weighted by atomic mass is 16.6. The Kier molecular flexibility index (Phi) is 3.69. The minimum absolute atomic E-state index is 0.119. The lowest BCUT2D eigenvalue weighted by Crippen LogP contribution is -2.50. The normalized spacial score (nSPS) is 29.6. The Bertz CT molecular complexity index is 241. The predicted octanol–water partition coefficient (Wildman–Crippen LogP) is 2.25. The van der Waals surface area contributed by atoms with E-state index in [-0.39, 0.29) is 5.60 Å². The zero-order chi connectivity index (χ0) is 11.6. The molecule has 3 fully saturated rings. The van der Waals surface area contributed by atoms with Crippen LogP contribution in [0.15, 0.2) is 0 Å². The summed E-state index contributed by atoms with van der Waals surface area (Å²) in [6.45, 7) is 2.69. The third kappa shape index (κ3) is 3.21. The Morgan fingerprint density at radius 2 is 1.76 bits per heavy atom. The maximum Gasteiger partial charge on any atom is 0.105 e. The first-order valence-corrected chi connectivity index (χ1v) is 7.35. The largest absolute Gasteiger partial charge is 0.376 e. The van der Waals surface area contributed by atoms with E-state index in [9.17, 15) is 0 Å². The Labute approximate surface area is 104 Å². The van der Waals surface area contributed by atoms with Crippen molar-refractivity contribution in [2.24, 2.45) is 0 Å². The van der Waals surface area contributed by atoms with Crippen molar-refractivity contribution in [2.45, 2.75) is 69.1 Å². The van der Waals surface area contributed by atoms with Gasteiger partial charge in [0.25, 0.3) is 0 Å². The van der Waals surface area contributed by atoms with Crippen molar-refractivity contribution in [1.29, 1.82) is 0 Å². The summed E-state index contributed by atoms with van der Waals surface area (Å²) in [7, 11) is 0. The summed E-state index contributed by atoms with van der Waals surface area (Å²) >= 11 is 0. The van der Waals surface area contributed by atoms with E-state index >= 15 is 0 Å². The van der Waals surface area contributed by atoms with Gasteiger partial charge in [0.2, 0.25) is 0 Å². The van der Waals surface area contributed by atoms with Crippen molar-refractivity contribution in [3.05, 3.63) is 0 Å². The van der Waals surface area contributed by atoms with E-state index in [1.54, 1.807) is 0 Å². The van der Waals surface area contributed by atoms with E-state index in [0.29, 0.717) is 6.10 Å². The molecule has 0 amide bonds. The molecule has 2 aliphatic carbocycles. The Morgan fingerprint density at radius 1 is 1.06 bits per heavy atom. The third-order valence-electron chi connectivity index (χ3n) is 4.33. The second-order valence-electron chi connectivity index (χ2n) is 6.03.